The van der Waals surface area contributed by atoms with Crippen molar-refractivity contribution in [1.29, 1.82) is 0 Å². The van der Waals surface area contributed by atoms with Crippen molar-refractivity contribution in [2.75, 3.05) is 11.9 Å². The summed E-state index contributed by atoms with van der Waals surface area (Å²) in [6.07, 6.45) is 1.71. The van der Waals surface area contributed by atoms with Crippen molar-refractivity contribution in [1.82, 2.24) is 4.90 Å². The number of fused-ring (bicyclic) bond motifs is 4. The van der Waals surface area contributed by atoms with Crippen LogP contribution in [0, 0.1) is 25.7 Å². The second-order valence-electron chi connectivity index (χ2n) is 8.04. The zero-order valence-electron chi connectivity index (χ0n) is 15.8. The van der Waals surface area contributed by atoms with E-state index in [9.17, 15) is 14.4 Å². The van der Waals surface area contributed by atoms with Crippen LogP contribution in [0.4, 0.5) is 5.69 Å². The normalized spacial score (nSPS) is 32.4. The van der Waals surface area contributed by atoms with Crippen LogP contribution in [0.3, 0.4) is 0 Å². The van der Waals surface area contributed by atoms with Crippen molar-refractivity contribution in [2.45, 2.75) is 52.1 Å². The average Bonchev–Trinajstić information content (AvgIpc) is 3.13. The standard InChI is InChI=1S/C20H25N3O3/c1-5-6-7-23-17(24)14-12(4)22-20(15(14)18(23)25)13-9-10(2)8-11(3)16(13)21-19(20)26/h8-9,12,14-15,22H,5-7H2,1-4H3,(H,21,26)/p+1/t12-,14+,15-,20+/m0/s1. The topological polar surface area (TPSA) is 83.1 Å². The summed E-state index contributed by atoms with van der Waals surface area (Å²) in [5.74, 6) is -1.52. The van der Waals surface area contributed by atoms with E-state index in [4.69, 9.17) is 0 Å². The van der Waals surface area contributed by atoms with Crippen molar-refractivity contribution < 1.29 is 19.7 Å². The molecule has 26 heavy (non-hydrogen) atoms. The first kappa shape index (κ1) is 17.2. The molecule has 0 saturated carbocycles. The van der Waals surface area contributed by atoms with E-state index in [0.717, 1.165) is 35.2 Å². The van der Waals surface area contributed by atoms with Gasteiger partial charge in [0.05, 0.1) is 11.7 Å². The number of aryl methyl sites for hydroxylation is 2. The van der Waals surface area contributed by atoms with Crippen LogP contribution in [-0.2, 0) is 19.9 Å². The lowest BCUT2D eigenvalue weighted by atomic mass is 9.76. The number of quaternary nitrogens is 1. The van der Waals surface area contributed by atoms with Gasteiger partial charge in [0.2, 0.25) is 17.4 Å². The Balaban J connectivity index is 1.86. The number of hydrogen-bond acceptors (Lipinski definition) is 3. The highest BCUT2D eigenvalue weighted by Crippen LogP contribution is 2.49. The zero-order chi connectivity index (χ0) is 18.8. The third kappa shape index (κ3) is 1.99. The first-order valence-corrected chi connectivity index (χ1v) is 9.47. The first-order valence-electron chi connectivity index (χ1n) is 9.47. The predicted octanol–water partition coefficient (Wildman–Crippen LogP) is 0.818. The molecule has 4 rings (SSSR count). The number of nitrogens with zero attached hydrogens (tertiary/aromatic N) is 1. The predicted molar refractivity (Wildman–Crippen MR) is 96.2 cm³/mol. The second kappa shape index (κ2) is 5.64. The Morgan fingerprint density at radius 1 is 1.19 bits per heavy atom. The summed E-state index contributed by atoms with van der Waals surface area (Å²) in [7, 11) is 0. The highest BCUT2D eigenvalue weighted by Gasteiger charge is 2.73. The number of likely N-dealkylation sites (tertiary alicyclic amines) is 1. The Morgan fingerprint density at radius 2 is 1.92 bits per heavy atom. The van der Waals surface area contributed by atoms with E-state index in [2.05, 4.69) is 5.32 Å². The van der Waals surface area contributed by atoms with Gasteiger partial charge in [0, 0.05) is 12.1 Å². The molecule has 3 aliphatic rings. The summed E-state index contributed by atoms with van der Waals surface area (Å²) in [5.41, 5.74) is 2.69. The molecule has 0 bridgehead atoms. The minimum absolute atomic E-state index is 0.111. The molecule has 0 unspecified atom stereocenters. The van der Waals surface area contributed by atoms with Crippen molar-refractivity contribution in [3.05, 3.63) is 28.8 Å². The maximum absolute atomic E-state index is 13.2. The molecular weight excluding hydrogens is 330 g/mol. The number of hydrogen-bond donors (Lipinski definition) is 2. The number of benzene rings is 1. The van der Waals surface area contributed by atoms with Crippen LogP contribution in [0.1, 0.15) is 43.4 Å². The summed E-state index contributed by atoms with van der Waals surface area (Å²) in [6.45, 7) is 8.40. The molecule has 3 N–H and O–H groups in total. The number of imide groups is 1. The van der Waals surface area contributed by atoms with Gasteiger partial charge in [-0.1, -0.05) is 25.0 Å². The molecule has 6 nitrogen and oxygen atoms in total. The van der Waals surface area contributed by atoms with Gasteiger partial charge in [0.25, 0.3) is 5.91 Å². The van der Waals surface area contributed by atoms with Crippen LogP contribution in [0.15, 0.2) is 12.1 Å². The Bertz CT molecular complexity index is 834. The Morgan fingerprint density at radius 3 is 2.62 bits per heavy atom. The lowest BCUT2D eigenvalue weighted by molar-refractivity contribution is -0.730. The molecule has 1 spiro atoms. The van der Waals surface area contributed by atoms with Crippen LogP contribution in [0.25, 0.3) is 0 Å². The third-order valence-electron chi connectivity index (χ3n) is 6.30. The zero-order valence-corrected chi connectivity index (χ0v) is 15.8. The summed E-state index contributed by atoms with van der Waals surface area (Å²) in [4.78, 5) is 40.8. The van der Waals surface area contributed by atoms with Gasteiger partial charge in [-0.25, -0.2) is 0 Å². The number of anilines is 1. The van der Waals surface area contributed by atoms with Gasteiger partial charge in [-0.2, -0.15) is 0 Å². The van der Waals surface area contributed by atoms with Gasteiger partial charge in [0.1, 0.15) is 11.8 Å². The molecule has 0 radical (unpaired) electrons. The van der Waals surface area contributed by atoms with Gasteiger partial charge in [-0.15, -0.1) is 0 Å². The smallest absolute Gasteiger partial charge is 0.291 e. The molecule has 1 aromatic carbocycles. The van der Waals surface area contributed by atoms with Crippen molar-refractivity contribution in [3.63, 3.8) is 0 Å². The molecule has 6 heteroatoms. The molecule has 1 aromatic rings. The van der Waals surface area contributed by atoms with Gasteiger partial charge < -0.3 is 10.6 Å². The maximum atomic E-state index is 13.2. The van der Waals surface area contributed by atoms with E-state index < -0.39 is 17.4 Å². The highest BCUT2D eigenvalue weighted by molar-refractivity contribution is 6.14. The Kier molecular flexibility index (Phi) is 3.74. The number of carbonyl (C=O) groups excluding carboxylic acids is 3. The van der Waals surface area contributed by atoms with Crippen LogP contribution in [0.2, 0.25) is 0 Å². The van der Waals surface area contributed by atoms with E-state index in [1.54, 1.807) is 0 Å². The fourth-order valence-electron chi connectivity index (χ4n) is 5.19. The van der Waals surface area contributed by atoms with Crippen LogP contribution < -0.4 is 10.6 Å². The molecule has 2 saturated heterocycles. The highest BCUT2D eigenvalue weighted by atomic mass is 16.2. The largest absolute Gasteiger partial charge is 0.326 e. The molecule has 0 aromatic heterocycles. The monoisotopic (exact) mass is 356 g/mol. The quantitative estimate of drug-likeness (QED) is 0.787. The summed E-state index contributed by atoms with van der Waals surface area (Å²) in [6, 6.07) is 3.92. The number of carbonyl (C=O) groups is 3. The van der Waals surface area contributed by atoms with E-state index >= 15 is 0 Å². The van der Waals surface area contributed by atoms with Gasteiger partial charge in [0.15, 0.2) is 0 Å². The number of rotatable bonds is 3. The number of nitrogens with one attached hydrogen (secondary N) is 1. The van der Waals surface area contributed by atoms with E-state index in [1.807, 2.05) is 45.1 Å². The molecule has 2 fully saturated rings. The van der Waals surface area contributed by atoms with Gasteiger partial charge >= 0.3 is 0 Å². The van der Waals surface area contributed by atoms with Crippen LogP contribution in [-0.4, -0.2) is 35.2 Å². The van der Waals surface area contributed by atoms with E-state index in [-0.39, 0.29) is 23.8 Å². The number of amides is 3. The van der Waals surface area contributed by atoms with Crippen LogP contribution in [0.5, 0.6) is 0 Å². The minimum atomic E-state index is -1.02. The lowest BCUT2D eigenvalue weighted by Crippen LogP contribution is -2.98. The molecule has 3 aliphatic heterocycles. The summed E-state index contributed by atoms with van der Waals surface area (Å²) in [5, 5.41) is 4.95. The first-order chi connectivity index (χ1) is 12.3. The second-order valence-corrected chi connectivity index (χ2v) is 8.04. The van der Waals surface area contributed by atoms with Crippen molar-refractivity contribution in [3.8, 4) is 0 Å². The summed E-state index contributed by atoms with van der Waals surface area (Å²) >= 11 is 0. The minimum Gasteiger partial charge on any atom is -0.326 e. The summed E-state index contributed by atoms with van der Waals surface area (Å²) < 4.78 is 0. The SMILES string of the molecule is CCCCN1C(=O)[C@@H]2[C@H](C)[NH2+][C@@]3(C(=O)Nc4c(C)cc(C)cc43)[C@@H]2C1=O. The maximum Gasteiger partial charge on any atom is 0.291 e. The van der Waals surface area contributed by atoms with E-state index in [1.165, 1.54) is 4.90 Å². The van der Waals surface area contributed by atoms with Crippen molar-refractivity contribution >= 4 is 23.4 Å². The van der Waals surface area contributed by atoms with E-state index in [0.29, 0.717) is 6.54 Å². The number of unbranched alkanes of at least 4 members (excludes halogenated alkanes) is 1. The average molecular weight is 356 g/mol. The fourth-order valence-corrected chi connectivity index (χ4v) is 5.19. The Labute approximate surface area is 153 Å². The van der Waals surface area contributed by atoms with Crippen LogP contribution >= 0.6 is 0 Å². The van der Waals surface area contributed by atoms with Gasteiger partial charge in [-0.05, 0) is 38.8 Å². The fraction of sp³-hybridized carbons (Fsp3) is 0.550. The Hall–Kier alpha value is -2.21. The molecule has 138 valence electrons. The number of nitrogens with two attached hydrogens (primary N) is 1. The third-order valence-corrected chi connectivity index (χ3v) is 6.30. The molecule has 4 atom stereocenters. The molecule has 3 amide bonds. The molecule has 0 aliphatic carbocycles. The molecular formula is C20H26N3O3+. The van der Waals surface area contributed by atoms with Gasteiger partial charge in [-0.3, -0.25) is 19.3 Å². The molecule has 3 heterocycles. The van der Waals surface area contributed by atoms with Crippen molar-refractivity contribution in [2.24, 2.45) is 11.8 Å². The lowest BCUT2D eigenvalue weighted by Gasteiger charge is -2.26.